The summed E-state index contributed by atoms with van der Waals surface area (Å²) in [4.78, 5) is 11.1. The first-order valence-electron chi connectivity index (χ1n) is 5.21. The fraction of sp³-hybridized carbons (Fsp3) is 0.417. The van der Waals surface area contributed by atoms with E-state index in [1.807, 2.05) is 18.2 Å². The molecule has 0 atom stereocenters. The van der Waals surface area contributed by atoms with Gasteiger partial charge in [0.2, 0.25) is 6.79 Å². The van der Waals surface area contributed by atoms with Gasteiger partial charge in [-0.1, -0.05) is 12.5 Å². The van der Waals surface area contributed by atoms with Crippen LogP contribution < -0.4 is 9.47 Å². The molecule has 2 aliphatic rings. The van der Waals surface area contributed by atoms with Gasteiger partial charge in [-0.3, -0.25) is 0 Å². The van der Waals surface area contributed by atoms with Crippen molar-refractivity contribution in [3.63, 3.8) is 0 Å². The standard InChI is InChI=1S/C12H12O3/c13-7-12(4-1-5-12)9-2-3-10-11(6-9)15-8-14-10/h2-3,6-7H,1,4-5,8H2. The molecule has 0 radical (unpaired) electrons. The molecule has 0 N–H and O–H groups in total. The molecular formula is C12H12O3. The molecule has 0 spiro atoms. The Morgan fingerprint density at radius 2 is 2.00 bits per heavy atom. The molecular weight excluding hydrogens is 192 g/mol. The topological polar surface area (TPSA) is 35.5 Å². The van der Waals surface area contributed by atoms with Crippen LogP contribution in [0.2, 0.25) is 0 Å². The predicted molar refractivity (Wildman–Crippen MR) is 54.2 cm³/mol. The fourth-order valence-electron chi connectivity index (χ4n) is 2.24. The van der Waals surface area contributed by atoms with Crippen LogP contribution in [-0.2, 0) is 10.2 Å². The van der Waals surface area contributed by atoms with Crippen molar-refractivity contribution in [2.45, 2.75) is 24.7 Å². The smallest absolute Gasteiger partial charge is 0.231 e. The third-order valence-corrected chi connectivity index (χ3v) is 3.42. The molecule has 78 valence electrons. The van der Waals surface area contributed by atoms with E-state index in [2.05, 4.69) is 0 Å². The molecule has 0 amide bonds. The first-order valence-corrected chi connectivity index (χ1v) is 5.21. The summed E-state index contributed by atoms with van der Waals surface area (Å²) in [5, 5.41) is 0. The van der Waals surface area contributed by atoms with Crippen molar-refractivity contribution in [1.29, 1.82) is 0 Å². The van der Waals surface area contributed by atoms with Crippen LogP contribution in [0.5, 0.6) is 11.5 Å². The van der Waals surface area contributed by atoms with Gasteiger partial charge in [0.25, 0.3) is 0 Å². The van der Waals surface area contributed by atoms with Crippen molar-refractivity contribution in [3.05, 3.63) is 23.8 Å². The van der Waals surface area contributed by atoms with Gasteiger partial charge in [-0.25, -0.2) is 0 Å². The van der Waals surface area contributed by atoms with E-state index in [4.69, 9.17) is 9.47 Å². The van der Waals surface area contributed by atoms with Gasteiger partial charge >= 0.3 is 0 Å². The molecule has 1 aromatic carbocycles. The zero-order valence-corrected chi connectivity index (χ0v) is 8.36. The SMILES string of the molecule is O=CC1(c2ccc3c(c2)OCO3)CCC1. The lowest BCUT2D eigenvalue weighted by molar-refractivity contribution is -0.115. The van der Waals surface area contributed by atoms with Crippen molar-refractivity contribution >= 4 is 6.29 Å². The van der Waals surface area contributed by atoms with E-state index < -0.39 is 0 Å². The monoisotopic (exact) mass is 204 g/mol. The van der Waals surface area contributed by atoms with Gasteiger partial charge in [-0.05, 0) is 30.5 Å². The van der Waals surface area contributed by atoms with Crippen LogP contribution in [0.3, 0.4) is 0 Å². The van der Waals surface area contributed by atoms with Crippen molar-refractivity contribution in [2.24, 2.45) is 0 Å². The number of carbonyl (C=O) groups is 1. The third-order valence-electron chi connectivity index (χ3n) is 3.42. The maximum atomic E-state index is 11.1. The first kappa shape index (κ1) is 8.77. The number of fused-ring (bicyclic) bond motifs is 1. The molecule has 0 unspecified atom stereocenters. The summed E-state index contributed by atoms with van der Waals surface area (Å²) in [7, 11) is 0. The van der Waals surface area contributed by atoms with Gasteiger partial charge in [0, 0.05) is 0 Å². The number of aldehydes is 1. The van der Waals surface area contributed by atoms with Gasteiger partial charge in [-0.15, -0.1) is 0 Å². The predicted octanol–water partition coefficient (Wildman–Crippen LogP) is 2.04. The maximum Gasteiger partial charge on any atom is 0.231 e. The Morgan fingerprint density at radius 3 is 2.67 bits per heavy atom. The number of hydrogen-bond acceptors (Lipinski definition) is 3. The highest BCUT2D eigenvalue weighted by Gasteiger charge is 2.39. The van der Waals surface area contributed by atoms with Crippen LogP contribution in [0.15, 0.2) is 18.2 Å². The molecule has 1 fully saturated rings. The summed E-state index contributed by atoms with van der Waals surface area (Å²) >= 11 is 0. The van der Waals surface area contributed by atoms with E-state index in [1.54, 1.807) is 0 Å². The van der Waals surface area contributed by atoms with E-state index in [9.17, 15) is 4.79 Å². The minimum Gasteiger partial charge on any atom is -0.454 e. The average molecular weight is 204 g/mol. The summed E-state index contributed by atoms with van der Waals surface area (Å²) in [6.45, 7) is 0.285. The molecule has 1 heterocycles. The Balaban J connectivity index is 2.02. The second-order valence-corrected chi connectivity index (χ2v) is 4.20. The summed E-state index contributed by atoms with van der Waals surface area (Å²) in [6.07, 6.45) is 4.12. The third kappa shape index (κ3) is 1.16. The second kappa shape index (κ2) is 2.99. The van der Waals surface area contributed by atoms with Gasteiger partial charge in [0.15, 0.2) is 11.5 Å². The molecule has 1 aliphatic carbocycles. The number of carbonyl (C=O) groups excluding carboxylic acids is 1. The lowest BCUT2D eigenvalue weighted by atomic mass is 9.65. The van der Waals surface area contributed by atoms with E-state index >= 15 is 0 Å². The number of benzene rings is 1. The Labute approximate surface area is 88.0 Å². The Bertz CT molecular complexity index is 407. The zero-order chi connectivity index (χ0) is 10.3. The zero-order valence-electron chi connectivity index (χ0n) is 8.36. The molecule has 3 rings (SSSR count). The molecule has 0 saturated heterocycles. The highest BCUT2D eigenvalue weighted by molar-refractivity contribution is 5.71. The lowest BCUT2D eigenvalue weighted by Crippen LogP contribution is -2.35. The summed E-state index contributed by atoms with van der Waals surface area (Å²) in [5.41, 5.74) is 0.814. The molecule has 0 aromatic heterocycles. The number of hydrogen-bond donors (Lipinski definition) is 0. The minimum absolute atomic E-state index is 0.249. The van der Waals surface area contributed by atoms with Crippen molar-refractivity contribution in [2.75, 3.05) is 6.79 Å². The van der Waals surface area contributed by atoms with E-state index in [0.29, 0.717) is 0 Å². The Kier molecular flexibility index (Phi) is 1.75. The molecule has 1 aromatic rings. The molecule has 3 nitrogen and oxygen atoms in total. The van der Waals surface area contributed by atoms with Crippen molar-refractivity contribution in [3.8, 4) is 11.5 Å². The largest absolute Gasteiger partial charge is 0.454 e. The Morgan fingerprint density at radius 1 is 1.20 bits per heavy atom. The van der Waals surface area contributed by atoms with Crippen LogP contribution in [-0.4, -0.2) is 13.1 Å². The summed E-state index contributed by atoms with van der Waals surface area (Å²) in [5.74, 6) is 1.54. The quantitative estimate of drug-likeness (QED) is 0.691. The maximum absolute atomic E-state index is 11.1. The first-order chi connectivity index (χ1) is 7.34. The number of rotatable bonds is 2. The van der Waals surface area contributed by atoms with E-state index in [1.165, 1.54) is 0 Å². The van der Waals surface area contributed by atoms with Crippen LogP contribution in [0.1, 0.15) is 24.8 Å². The highest BCUT2D eigenvalue weighted by Crippen LogP contribution is 2.45. The Hall–Kier alpha value is -1.51. The average Bonchev–Trinajstić information content (AvgIpc) is 2.64. The fourth-order valence-corrected chi connectivity index (χ4v) is 2.24. The minimum atomic E-state index is -0.249. The highest BCUT2D eigenvalue weighted by atomic mass is 16.7. The normalized spacial score (nSPS) is 20.8. The van der Waals surface area contributed by atoms with Gasteiger partial charge in [-0.2, -0.15) is 0 Å². The van der Waals surface area contributed by atoms with E-state index in [0.717, 1.165) is 42.6 Å². The molecule has 1 aliphatic heterocycles. The summed E-state index contributed by atoms with van der Waals surface area (Å²) in [6, 6.07) is 5.80. The van der Waals surface area contributed by atoms with Crippen LogP contribution >= 0.6 is 0 Å². The van der Waals surface area contributed by atoms with Gasteiger partial charge in [0.1, 0.15) is 6.29 Å². The lowest BCUT2D eigenvalue weighted by Gasteiger charge is -2.37. The molecule has 1 saturated carbocycles. The second-order valence-electron chi connectivity index (χ2n) is 4.20. The van der Waals surface area contributed by atoms with Crippen LogP contribution in [0.4, 0.5) is 0 Å². The number of ether oxygens (including phenoxy) is 2. The van der Waals surface area contributed by atoms with Gasteiger partial charge < -0.3 is 14.3 Å². The van der Waals surface area contributed by atoms with Gasteiger partial charge in [0.05, 0.1) is 5.41 Å². The van der Waals surface area contributed by atoms with Crippen LogP contribution in [0, 0.1) is 0 Å². The van der Waals surface area contributed by atoms with Crippen LogP contribution in [0.25, 0.3) is 0 Å². The summed E-state index contributed by atoms with van der Waals surface area (Å²) < 4.78 is 10.6. The molecule has 3 heteroatoms. The van der Waals surface area contributed by atoms with E-state index in [-0.39, 0.29) is 12.2 Å². The molecule has 0 bridgehead atoms. The molecule has 15 heavy (non-hydrogen) atoms. The van der Waals surface area contributed by atoms with Crippen molar-refractivity contribution in [1.82, 2.24) is 0 Å². The van der Waals surface area contributed by atoms with Crippen molar-refractivity contribution < 1.29 is 14.3 Å².